The Hall–Kier alpha value is -1.16. The first-order valence-electron chi connectivity index (χ1n) is 3.71. The zero-order valence-corrected chi connectivity index (χ0v) is 8.35. The number of methoxy groups -OCH3 is 1. The minimum atomic E-state index is -0.395. The molecule has 4 heteroatoms. The highest BCUT2D eigenvalue weighted by Gasteiger charge is 2.09. The average Bonchev–Trinajstić information content (AvgIpc) is 2.17. The minimum Gasteiger partial charge on any atom is -0.465 e. The third-order valence-corrected chi connectivity index (χ3v) is 2.39. The Bertz CT molecular complexity index is 325. The monoisotopic (exact) mass is 197 g/mol. The second-order valence-electron chi connectivity index (χ2n) is 2.44. The van der Waals surface area contributed by atoms with Crippen molar-refractivity contribution in [3.63, 3.8) is 0 Å². The maximum Gasteiger partial charge on any atom is 0.339 e. The van der Waals surface area contributed by atoms with Crippen LogP contribution in [0.3, 0.4) is 0 Å². The molecule has 2 N–H and O–H groups in total. The van der Waals surface area contributed by atoms with Crippen LogP contribution in [0.2, 0.25) is 0 Å². The lowest BCUT2D eigenvalue weighted by molar-refractivity contribution is 0.0601. The van der Waals surface area contributed by atoms with E-state index in [1.807, 2.05) is 12.3 Å². The minimum absolute atomic E-state index is 0.395. The van der Waals surface area contributed by atoms with E-state index in [0.717, 1.165) is 4.90 Å². The highest BCUT2D eigenvalue weighted by molar-refractivity contribution is 7.98. The first kappa shape index (κ1) is 9.92. The van der Waals surface area contributed by atoms with Crippen LogP contribution in [0, 0.1) is 0 Å². The lowest BCUT2D eigenvalue weighted by Gasteiger charge is -2.04. The van der Waals surface area contributed by atoms with Gasteiger partial charge in [-0.1, -0.05) is 0 Å². The van der Waals surface area contributed by atoms with E-state index in [0.29, 0.717) is 11.3 Å². The molecule has 70 valence electrons. The van der Waals surface area contributed by atoms with Crippen molar-refractivity contribution >= 4 is 23.4 Å². The van der Waals surface area contributed by atoms with E-state index in [1.165, 1.54) is 7.11 Å². The van der Waals surface area contributed by atoms with Gasteiger partial charge in [-0.3, -0.25) is 0 Å². The van der Waals surface area contributed by atoms with Gasteiger partial charge in [-0.2, -0.15) is 0 Å². The molecule has 0 fully saturated rings. The number of esters is 1. The first-order valence-corrected chi connectivity index (χ1v) is 4.93. The summed E-state index contributed by atoms with van der Waals surface area (Å²) < 4.78 is 4.59. The molecule has 0 aromatic heterocycles. The van der Waals surface area contributed by atoms with Crippen LogP contribution < -0.4 is 5.73 Å². The van der Waals surface area contributed by atoms with Crippen LogP contribution in [0.15, 0.2) is 23.1 Å². The molecular weight excluding hydrogens is 186 g/mol. The van der Waals surface area contributed by atoms with Gasteiger partial charge in [0.25, 0.3) is 0 Å². The van der Waals surface area contributed by atoms with Gasteiger partial charge in [0.05, 0.1) is 12.7 Å². The van der Waals surface area contributed by atoms with Crippen LogP contribution >= 0.6 is 11.8 Å². The second kappa shape index (κ2) is 4.18. The van der Waals surface area contributed by atoms with Crippen molar-refractivity contribution in [2.45, 2.75) is 4.90 Å². The summed E-state index contributed by atoms with van der Waals surface area (Å²) in [7, 11) is 1.34. The molecule has 0 radical (unpaired) electrons. The number of nitrogen functional groups attached to an aromatic ring is 1. The predicted molar refractivity (Wildman–Crippen MR) is 54.0 cm³/mol. The molecule has 0 bridgehead atoms. The van der Waals surface area contributed by atoms with E-state index < -0.39 is 5.97 Å². The van der Waals surface area contributed by atoms with E-state index in [9.17, 15) is 4.79 Å². The third kappa shape index (κ3) is 2.15. The van der Waals surface area contributed by atoms with Crippen LogP contribution in [0.5, 0.6) is 0 Å². The predicted octanol–water partition coefficient (Wildman–Crippen LogP) is 1.78. The fourth-order valence-electron chi connectivity index (χ4n) is 0.949. The molecule has 0 atom stereocenters. The van der Waals surface area contributed by atoms with Crippen LogP contribution in [0.4, 0.5) is 5.69 Å². The molecular formula is C9H11NO2S. The molecule has 0 unspecified atom stereocenters. The van der Waals surface area contributed by atoms with Gasteiger partial charge >= 0.3 is 5.97 Å². The standard InChI is InChI=1S/C9H11NO2S/c1-12-9(11)7-5-6(13-2)3-4-8(7)10/h3-5H,10H2,1-2H3. The summed E-state index contributed by atoms with van der Waals surface area (Å²) >= 11 is 1.56. The fraction of sp³-hybridized carbons (Fsp3) is 0.222. The van der Waals surface area contributed by atoms with Crippen LogP contribution in [0.1, 0.15) is 10.4 Å². The highest BCUT2D eigenvalue weighted by Crippen LogP contribution is 2.21. The number of carbonyl (C=O) groups is 1. The quantitative estimate of drug-likeness (QED) is 0.446. The molecule has 13 heavy (non-hydrogen) atoms. The fourth-order valence-corrected chi connectivity index (χ4v) is 1.39. The number of nitrogens with two attached hydrogens (primary N) is 1. The first-order chi connectivity index (χ1) is 6.19. The van der Waals surface area contributed by atoms with Crippen LogP contribution in [0.25, 0.3) is 0 Å². The van der Waals surface area contributed by atoms with Crippen LogP contribution in [-0.4, -0.2) is 19.3 Å². The Kier molecular flexibility index (Phi) is 3.19. The summed E-state index contributed by atoms with van der Waals surface area (Å²) in [6.45, 7) is 0. The van der Waals surface area contributed by atoms with Crippen molar-refractivity contribution in [2.75, 3.05) is 19.1 Å². The van der Waals surface area contributed by atoms with Crippen LogP contribution in [-0.2, 0) is 4.74 Å². The molecule has 1 rings (SSSR count). The summed E-state index contributed by atoms with van der Waals surface area (Å²) in [5, 5.41) is 0. The summed E-state index contributed by atoms with van der Waals surface area (Å²) in [6, 6.07) is 5.30. The van der Waals surface area contributed by atoms with Crippen molar-refractivity contribution in [3.8, 4) is 0 Å². The van der Waals surface area contributed by atoms with E-state index in [-0.39, 0.29) is 0 Å². The summed E-state index contributed by atoms with van der Waals surface area (Å²) in [4.78, 5) is 12.2. The van der Waals surface area contributed by atoms with Crippen molar-refractivity contribution in [3.05, 3.63) is 23.8 Å². The summed E-state index contributed by atoms with van der Waals surface area (Å²) in [6.07, 6.45) is 1.94. The van der Waals surface area contributed by atoms with Gasteiger partial charge in [-0.25, -0.2) is 4.79 Å². The second-order valence-corrected chi connectivity index (χ2v) is 3.32. The molecule has 0 saturated carbocycles. The largest absolute Gasteiger partial charge is 0.465 e. The zero-order valence-electron chi connectivity index (χ0n) is 7.53. The number of hydrogen-bond acceptors (Lipinski definition) is 4. The van der Waals surface area contributed by atoms with Crippen molar-refractivity contribution in [1.82, 2.24) is 0 Å². The Morgan fingerprint density at radius 3 is 2.77 bits per heavy atom. The SMILES string of the molecule is COC(=O)c1cc(SC)ccc1N. The van der Waals surface area contributed by atoms with Gasteiger partial charge < -0.3 is 10.5 Å². The number of hydrogen-bond donors (Lipinski definition) is 1. The molecule has 0 aliphatic carbocycles. The van der Waals surface area contributed by atoms with Gasteiger partial charge in [-0.05, 0) is 24.5 Å². The Morgan fingerprint density at radius 1 is 1.54 bits per heavy atom. The number of anilines is 1. The van der Waals surface area contributed by atoms with E-state index in [4.69, 9.17) is 5.73 Å². The molecule has 0 spiro atoms. The van der Waals surface area contributed by atoms with Gasteiger partial charge in [0.15, 0.2) is 0 Å². The van der Waals surface area contributed by atoms with E-state index in [2.05, 4.69) is 4.74 Å². The maximum absolute atomic E-state index is 11.2. The average molecular weight is 197 g/mol. The summed E-state index contributed by atoms with van der Waals surface area (Å²) in [5.41, 5.74) is 6.48. The smallest absolute Gasteiger partial charge is 0.339 e. The molecule has 0 heterocycles. The Morgan fingerprint density at radius 2 is 2.23 bits per heavy atom. The molecule has 3 nitrogen and oxygen atoms in total. The molecule has 1 aromatic carbocycles. The zero-order chi connectivity index (χ0) is 9.84. The van der Waals surface area contributed by atoms with Crippen molar-refractivity contribution in [2.24, 2.45) is 0 Å². The van der Waals surface area contributed by atoms with E-state index in [1.54, 1.807) is 23.9 Å². The maximum atomic E-state index is 11.2. The Balaban J connectivity index is 3.11. The lowest BCUT2D eigenvalue weighted by Crippen LogP contribution is -2.05. The highest BCUT2D eigenvalue weighted by atomic mass is 32.2. The van der Waals surface area contributed by atoms with E-state index >= 15 is 0 Å². The molecule has 0 saturated heterocycles. The van der Waals surface area contributed by atoms with Crippen molar-refractivity contribution in [1.29, 1.82) is 0 Å². The number of carbonyl (C=O) groups excluding carboxylic acids is 1. The molecule has 0 aliphatic rings. The third-order valence-electron chi connectivity index (χ3n) is 1.67. The molecule has 0 aliphatic heterocycles. The normalized spacial score (nSPS) is 9.69. The van der Waals surface area contributed by atoms with Gasteiger partial charge in [-0.15, -0.1) is 11.8 Å². The van der Waals surface area contributed by atoms with Gasteiger partial charge in [0.1, 0.15) is 0 Å². The number of benzene rings is 1. The number of thioether (sulfide) groups is 1. The van der Waals surface area contributed by atoms with Crippen molar-refractivity contribution < 1.29 is 9.53 Å². The van der Waals surface area contributed by atoms with Gasteiger partial charge in [0.2, 0.25) is 0 Å². The van der Waals surface area contributed by atoms with Gasteiger partial charge in [0, 0.05) is 10.6 Å². The molecule has 1 aromatic rings. The topological polar surface area (TPSA) is 52.3 Å². The lowest BCUT2D eigenvalue weighted by atomic mass is 10.2. The Labute approximate surface area is 81.3 Å². The molecule has 0 amide bonds. The summed E-state index contributed by atoms with van der Waals surface area (Å²) in [5.74, 6) is -0.395. The number of rotatable bonds is 2. The number of ether oxygens (including phenoxy) is 1.